The molecule has 0 saturated carbocycles. The highest BCUT2D eigenvalue weighted by Gasteiger charge is 2.14. The second-order valence-corrected chi connectivity index (χ2v) is 7.56. The summed E-state index contributed by atoms with van der Waals surface area (Å²) < 4.78 is 11.9. The van der Waals surface area contributed by atoms with Gasteiger partial charge in [-0.1, -0.05) is 24.3 Å². The minimum absolute atomic E-state index is 0.159. The van der Waals surface area contributed by atoms with Gasteiger partial charge in [-0.15, -0.1) is 11.3 Å². The molecule has 0 fully saturated rings. The zero-order valence-electron chi connectivity index (χ0n) is 14.8. The van der Waals surface area contributed by atoms with Gasteiger partial charge in [-0.3, -0.25) is 9.78 Å². The number of benzene rings is 2. The van der Waals surface area contributed by atoms with E-state index in [-0.39, 0.29) is 12.7 Å². The van der Waals surface area contributed by atoms with Gasteiger partial charge in [0.1, 0.15) is 0 Å². The topological polar surface area (TPSA) is 60.5 Å². The van der Waals surface area contributed by atoms with E-state index < -0.39 is 0 Å². The van der Waals surface area contributed by atoms with Crippen molar-refractivity contribution in [1.29, 1.82) is 0 Å². The van der Waals surface area contributed by atoms with Crippen LogP contribution in [0.5, 0.6) is 11.5 Å². The number of nitrogens with one attached hydrogen (secondary N) is 1. The lowest BCUT2D eigenvalue weighted by atomic mass is 10.1. The predicted molar refractivity (Wildman–Crippen MR) is 109 cm³/mol. The van der Waals surface area contributed by atoms with E-state index >= 15 is 0 Å². The first-order valence-electron chi connectivity index (χ1n) is 8.87. The van der Waals surface area contributed by atoms with Gasteiger partial charge in [0.25, 0.3) is 5.91 Å². The molecule has 0 aliphatic carbocycles. The van der Waals surface area contributed by atoms with Crippen molar-refractivity contribution in [3.05, 3.63) is 78.1 Å². The smallest absolute Gasteiger partial charge is 0.253 e. The van der Waals surface area contributed by atoms with E-state index in [2.05, 4.69) is 28.5 Å². The molecule has 2 aromatic heterocycles. The predicted octanol–water partition coefficient (Wildman–Crippen LogP) is 4.62. The molecule has 2 aromatic carbocycles. The molecule has 0 bridgehead atoms. The lowest BCUT2D eigenvalue weighted by Gasteiger charge is -2.07. The summed E-state index contributed by atoms with van der Waals surface area (Å²) in [5.74, 6) is 1.28. The Labute approximate surface area is 165 Å². The summed E-state index contributed by atoms with van der Waals surface area (Å²) in [5.41, 5.74) is 2.43. The molecule has 28 heavy (non-hydrogen) atoms. The third kappa shape index (κ3) is 3.18. The minimum Gasteiger partial charge on any atom is -0.454 e. The Hall–Kier alpha value is -3.38. The molecule has 0 atom stereocenters. The third-order valence-corrected chi connectivity index (χ3v) is 5.77. The summed E-state index contributed by atoms with van der Waals surface area (Å²) in [4.78, 5) is 18.0. The normalized spacial score (nSPS) is 12.3. The van der Waals surface area contributed by atoms with E-state index in [0.717, 1.165) is 21.8 Å². The highest BCUT2D eigenvalue weighted by atomic mass is 32.1. The Kier molecular flexibility index (Phi) is 4.18. The van der Waals surface area contributed by atoms with Crippen LogP contribution in [0.4, 0.5) is 0 Å². The SMILES string of the molecule is O=C(NCc1ccc2c(c1)OCO2)c1cncc(-c2cc3ccccc3s2)c1. The fourth-order valence-electron chi connectivity index (χ4n) is 3.16. The zero-order valence-corrected chi connectivity index (χ0v) is 15.7. The molecule has 0 saturated heterocycles. The van der Waals surface area contributed by atoms with Crippen LogP contribution in [0.25, 0.3) is 20.5 Å². The standard InChI is InChI=1S/C22H16N2O3S/c25-22(24-10-14-5-6-18-19(7-14)27-13-26-18)17-8-16(11-23-12-17)21-9-15-3-1-2-4-20(15)28-21/h1-9,11-12H,10,13H2,(H,24,25). The number of hydrogen-bond acceptors (Lipinski definition) is 5. The van der Waals surface area contributed by atoms with E-state index in [0.29, 0.717) is 17.9 Å². The van der Waals surface area contributed by atoms with Crippen LogP contribution >= 0.6 is 11.3 Å². The molecule has 1 N–H and O–H groups in total. The van der Waals surface area contributed by atoms with Crippen molar-refractivity contribution in [1.82, 2.24) is 10.3 Å². The molecule has 3 heterocycles. The Balaban J connectivity index is 1.33. The number of thiophene rings is 1. The second kappa shape index (κ2) is 6.98. The molecule has 0 radical (unpaired) electrons. The summed E-state index contributed by atoms with van der Waals surface area (Å²) >= 11 is 1.69. The molecule has 0 unspecified atom stereocenters. The molecular weight excluding hydrogens is 372 g/mol. The van der Waals surface area contributed by atoms with Gasteiger partial charge in [-0.05, 0) is 41.3 Å². The van der Waals surface area contributed by atoms with Crippen molar-refractivity contribution in [2.24, 2.45) is 0 Å². The summed E-state index contributed by atoms with van der Waals surface area (Å²) in [6.07, 6.45) is 3.38. The van der Waals surface area contributed by atoms with Crippen molar-refractivity contribution in [3.63, 3.8) is 0 Å². The maximum absolute atomic E-state index is 12.6. The molecule has 1 aliphatic rings. The number of rotatable bonds is 4. The Bertz CT molecular complexity index is 1150. The van der Waals surface area contributed by atoms with Gasteiger partial charge < -0.3 is 14.8 Å². The van der Waals surface area contributed by atoms with Crippen LogP contribution in [0.15, 0.2) is 67.0 Å². The lowest BCUT2D eigenvalue weighted by molar-refractivity contribution is 0.0950. The molecule has 6 heteroatoms. The van der Waals surface area contributed by atoms with Crippen molar-refractivity contribution >= 4 is 27.3 Å². The summed E-state index contributed by atoms with van der Waals surface area (Å²) in [5, 5.41) is 4.13. The Morgan fingerprint density at radius 3 is 2.86 bits per heavy atom. The fraction of sp³-hybridized carbons (Fsp3) is 0.0909. The van der Waals surface area contributed by atoms with Crippen molar-refractivity contribution in [3.8, 4) is 21.9 Å². The zero-order chi connectivity index (χ0) is 18.9. The lowest BCUT2D eigenvalue weighted by Crippen LogP contribution is -2.22. The summed E-state index contributed by atoms with van der Waals surface area (Å²) in [6.45, 7) is 0.643. The van der Waals surface area contributed by atoms with Gasteiger partial charge in [0.2, 0.25) is 6.79 Å². The number of hydrogen-bond donors (Lipinski definition) is 1. The Morgan fingerprint density at radius 2 is 1.93 bits per heavy atom. The average Bonchev–Trinajstić information content (AvgIpc) is 3.38. The maximum Gasteiger partial charge on any atom is 0.253 e. The number of carbonyl (C=O) groups is 1. The first-order valence-corrected chi connectivity index (χ1v) is 9.69. The first-order chi connectivity index (χ1) is 13.8. The summed E-state index contributed by atoms with van der Waals surface area (Å²) in [7, 11) is 0. The highest BCUT2D eigenvalue weighted by molar-refractivity contribution is 7.22. The van der Waals surface area contributed by atoms with Crippen LogP contribution in [0.3, 0.4) is 0 Å². The first kappa shape index (κ1) is 16.8. The van der Waals surface area contributed by atoms with Gasteiger partial charge in [0, 0.05) is 34.1 Å². The monoisotopic (exact) mass is 388 g/mol. The van der Waals surface area contributed by atoms with Gasteiger partial charge in [-0.25, -0.2) is 0 Å². The van der Waals surface area contributed by atoms with Crippen LogP contribution < -0.4 is 14.8 Å². The van der Waals surface area contributed by atoms with E-state index in [1.165, 1.54) is 10.1 Å². The van der Waals surface area contributed by atoms with Crippen molar-refractivity contribution in [2.45, 2.75) is 6.54 Å². The molecule has 5 rings (SSSR count). The van der Waals surface area contributed by atoms with Gasteiger partial charge in [0.15, 0.2) is 11.5 Å². The quantitative estimate of drug-likeness (QED) is 0.554. The molecule has 4 aromatic rings. The Morgan fingerprint density at radius 1 is 1.04 bits per heavy atom. The van der Waals surface area contributed by atoms with Crippen molar-refractivity contribution < 1.29 is 14.3 Å². The van der Waals surface area contributed by atoms with E-state index in [4.69, 9.17) is 9.47 Å². The van der Waals surface area contributed by atoms with Gasteiger partial charge in [0.05, 0.1) is 5.56 Å². The van der Waals surface area contributed by atoms with Crippen LogP contribution in [-0.4, -0.2) is 17.7 Å². The second-order valence-electron chi connectivity index (χ2n) is 6.48. The number of fused-ring (bicyclic) bond motifs is 2. The minimum atomic E-state index is -0.159. The number of nitrogens with zero attached hydrogens (tertiary/aromatic N) is 1. The molecule has 0 spiro atoms. The number of pyridine rings is 1. The van der Waals surface area contributed by atoms with Crippen molar-refractivity contribution in [2.75, 3.05) is 6.79 Å². The number of aromatic nitrogens is 1. The fourth-order valence-corrected chi connectivity index (χ4v) is 4.20. The number of carbonyl (C=O) groups excluding carboxylic acids is 1. The molecule has 5 nitrogen and oxygen atoms in total. The number of ether oxygens (including phenoxy) is 2. The van der Waals surface area contributed by atoms with Crippen LogP contribution in [0.1, 0.15) is 15.9 Å². The highest BCUT2D eigenvalue weighted by Crippen LogP contribution is 2.34. The van der Waals surface area contributed by atoms with Gasteiger partial charge in [-0.2, -0.15) is 0 Å². The van der Waals surface area contributed by atoms with Crippen LogP contribution in [-0.2, 0) is 6.54 Å². The molecule has 138 valence electrons. The summed E-state index contributed by atoms with van der Waals surface area (Å²) in [6, 6.07) is 17.9. The third-order valence-electron chi connectivity index (χ3n) is 4.60. The average molecular weight is 388 g/mol. The van der Waals surface area contributed by atoms with Gasteiger partial charge >= 0.3 is 0 Å². The molecule has 1 amide bonds. The van der Waals surface area contributed by atoms with Crippen LogP contribution in [0.2, 0.25) is 0 Å². The van der Waals surface area contributed by atoms with Crippen LogP contribution in [0, 0.1) is 0 Å². The maximum atomic E-state index is 12.6. The largest absolute Gasteiger partial charge is 0.454 e. The van der Waals surface area contributed by atoms with E-state index in [1.54, 1.807) is 23.7 Å². The molecule has 1 aliphatic heterocycles. The number of amides is 1. The molecular formula is C22H16N2O3S. The van der Waals surface area contributed by atoms with E-state index in [1.807, 2.05) is 36.4 Å². The van der Waals surface area contributed by atoms with E-state index in [9.17, 15) is 4.79 Å².